The van der Waals surface area contributed by atoms with Gasteiger partial charge in [-0.3, -0.25) is 4.90 Å². The minimum absolute atomic E-state index is 0.0103. The van der Waals surface area contributed by atoms with Gasteiger partial charge in [0.2, 0.25) is 0 Å². The molecule has 7 aliphatic rings. The number of hydrogen-bond acceptors (Lipinski definition) is 6. The second-order valence-electron chi connectivity index (χ2n) is 19.5. The predicted octanol–water partition coefficient (Wildman–Crippen LogP) is 8.41. The smallest absolute Gasteiger partial charge is 0.170 e. The highest BCUT2D eigenvalue weighted by atomic mass is 16.7. The number of fused-ring (bicyclic) bond motifs is 4. The molecular weight excluding hydrogens is 610 g/mol. The zero-order valence-corrected chi connectivity index (χ0v) is 32.2. The topological polar surface area (TPSA) is 60.4 Å². The number of ether oxygens (including phenoxy) is 4. The predicted molar refractivity (Wildman–Crippen MR) is 193 cm³/mol. The van der Waals surface area contributed by atoms with Gasteiger partial charge in [0.15, 0.2) is 6.29 Å². The molecule has 7 fully saturated rings. The van der Waals surface area contributed by atoms with Gasteiger partial charge in [0.05, 0.1) is 38.1 Å². The molecule has 2 saturated heterocycles. The van der Waals surface area contributed by atoms with Crippen LogP contribution in [0.3, 0.4) is 0 Å². The quantitative estimate of drug-likeness (QED) is 0.313. The molecule has 5 saturated carbocycles. The summed E-state index contributed by atoms with van der Waals surface area (Å²) in [5, 5.41) is 12.5. The van der Waals surface area contributed by atoms with E-state index in [0.717, 1.165) is 44.6 Å². The van der Waals surface area contributed by atoms with Gasteiger partial charge < -0.3 is 24.1 Å². The number of nitrogens with zero attached hydrogens (tertiary/aromatic N) is 1. The Labute approximate surface area is 297 Å². The Bertz CT molecular complexity index is 1410. The molecule has 0 amide bonds. The average Bonchev–Trinajstić information content (AvgIpc) is 3.70. The number of hydrogen-bond donors (Lipinski definition) is 1. The van der Waals surface area contributed by atoms with Crippen LogP contribution in [0.1, 0.15) is 117 Å². The van der Waals surface area contributed by atoms with Gasteiger partial charge in [-0.2, -0.15) is 0 Å². The fraction of sp³-hybridized carbons (Fsp3) is 0.860. The summed E-state index contributed by atoms with van der Waals surface area (Å²) in [5.41, 5.74) is 3.41. The van der Waals surface area contributed by atoms with Crippen LogP contribution in [0.15, 0.2) is 18.2 Å². The second-order valence-corrected chi connectivity index (χ2v) is 19.5. The zero-order valence-electron chi connectivity index (χ0n) is 32.2. The van der Waals surface area contributed by atoms with Crippen LogP contribution in [0, 0.1) is 63.6 Å². The Kier molecular flexibility index (Phi) is 8.48. The van der Waals surface area contributed by atoms with E-state index >= 15 is 0 Å². The van der Waals surface area contributed by atoms with E-state index < -0.39 is 0 Å². The second kappa shape index (κ2) is 11.9. The van der Waals surface area contributed by atoms with Crippen LogP contribution in [0.5, 0.6) is 5.75 Å². The minimum Gasteiger partial charge on any atom is -0.497 e. The van der Waals surface area contributed by atoms with Crippen molar-refractivity contribution in [1.82, 2.24) is 4.90 Å². The highest BCUT2D eigenvalue weighted by Crippen LogP contribution is 2.89. The molecule has 1 N–H and O–H groups in total. The summed E-state index contributed by atoms with van der Waals surface area (Å²) in [5.74, 6) is 3.77. The first-order valence-electron chi connectivity index (χ1n) is 20.2. The van der Waals surface area contributed by atoms with Gasteiger partial charge in [-0.1, -0.05) is 61.0 Å². The number of methoxy groups -OCH3 is 1. The highest BCUT2D eigenvalue weighted by molar-refractivity contribution is 5.34. The van der Waals surface area contributed by atoms with E-state index in [1.165, 1.54) is 49.7 Å². The Balaban J connectivity index is 0.983. The number of aryl methyl sites for hydroxylation is 1. The average molecular weight is 678 g/mol. The van der Waals surface area contributed by atoms with Crippen molar-refractivity contribution in [1.29, 1.82) is 0 Å². The molecular formula is C43H67NO5. The Hall–Kier alpha value is -1.18. The standard InChI is InChI=1S/C43H67NO5/c1-10-27(3)31-21-28(4)36-37(48-31)38(45)41(8)33-12-11-32-39(5,6)34(13-14-42(32)25-43(33,42)16-15-40(36,41)7)49-35-24-44(17-18-47-35)23-29-19-26(2)20-30(22-29)46-9/h19-20,22,27-28,31-38,45H,10-18,21,23-25H2,1-9H3/t27-,28-,31?,32+,33?,34?,35+,36+,37?,38+,40-,41-,42-,43+/m1/s1. The third-order valence-corrected chi connectivity index (χ3v) is 17.2. The van der Waals surface area contributed by atoms with Gasteiger partial charge in [0, 0.05) is 25.0 Å². The zero-order chi connectivity index (χ0) is 34.7. The molecule has 1 aromatic rings. The van der Waals surface area contributed by atoms with E-state index in [-0.39, 0.29) is 47.0 Å². The first-order valence-corrected chi connectivity index (χ1v) is 20.2. The van der Waals surface area contributed by atoms with Gasteiger partial charge >= 0.3 is 0 Å². The maximum absolute atomic E-state index is 12.5. The van der Waals surface area contributed by atoms with Gasteiger partial charge in [-0.25, -0.2) is 0 Å². The molecule has 2 aliphatic heterocycles. The van der Waals surface area contributed by atoms with Gasteiger partial charge in [0.1, 0.15) is 5.75 Å². The number of aliphatic hydroxyl groups is 1. The fourth-order valence-electron chi connectivity index (χ4n) is 14.6. The molecule has 49 heavy (non-hydrogen) atoms. The molecule has 0 bridgehead atoms. The van der Waals surface area contributed by atoms with Gasteiger partial charge in [0.25, 0.3) is 0 Å². The first kappa shape index (κ1) is 34.9. The summed E-state index contributed by atoms with van der Waals surface area (Å²) in [6.45, 7) is 22.7. The van der Waals surface area contributed by atoms with E-state index in [9.17, 15) is 5.11 Å². The molecule has 0 aromatic heterocycles. The Morgan fingerprint density at radius 2 is 1.78 bits per heavy atom. The minimum atomic E-state index is -0.367. The van der Waals surface area contributed by atoms with Crippen LogP contribution in [-0.2, 0) is 20.8 Å². The molecule has 2 heterocycles. The largest absolute Gasteiger partial charge is 0.497 e. The Morgan fingerprint density at radius 1 is 1.02 bits per heavy atom. The monoisotopic (exact) mass is 678 g/mol. The van der Waals surface area contributed by atoms with Crippen molar-refractivity contribution in [3.05, 3.63) is 29.3 Å². The van der Waals surface area contributed by atoms with Crippen molar-refractivity contribution in [2.24, 2.45) is 56.7 Å². The lowest BCUT2D eigenvalue weighted by Gasteiger charge is -2.64. The lowest BCUT2D eigenvalue weighted by Crippen LogP contribution is -2.60. The summed E-state index contributed by atoms with van der Waals surface area (Å²) in [7, 11) is 1.75. The fourth-order valence-corrected chi connectivity index (χ4v) is 14.6. The summed E-state index contributed by atoms with van der Waals surface area (Å²) < 4.78 is 25.9. The van der Waals surface area contributed by atoms with Crippen molar-refractivity contribution in [3.8, 4) is 5.75 Å². The van der Waals surface area contributed by atoms with Crippen LogP contribution in [0.2, 0.25) is 0 Å². The molecule has 14 atom stereocenters. The third kappa shape index (κ3) is 4.88. The van der Waals surface area contributed by atoms with E-state index in [1.54, 1.807) is 7.11 Å². The van der Waals surface area contributed by atoms with Crippen molar-refractivity contribution in [2.45, 2.75) is 150 Å². The van der Waals surface area contributed by atoms with Gasteiger partial charge in [-0.15, -0.1) is 0 Å². The SMILES string of the molecule is CC[C@@H](C)C1C[C@@H](C)[C@H]2C(O1)[C@H](O)[C@@]1(C)C3CC[C@H]4C(C)(C)C(O[C@H]5CN(Cc6cc(C)cc(OC)c6)CCO5)CC[C@@]45C[C@@]35CC[C@]21C. The maximum atomic E-state index is 12.5. The molecule has 5 aliphatic carbocycles. The van der Waals surface area contributed by atoms with Crippen molar-refractivity contribution < 1.29 is 24.1 Å². The highest BCUT2D eigenvalue weighted by Gasteiger charge is 2.84. The molecule has 6 nitrogen and oxygen atoms in total. The van der Waals surface area contributed by atoms with Crippen LogP contribution in [-0.4, -0.2) is 67.5 Å². The Morgan fingerprint density at radius 3 is 2.53 bits per heavy atom. The molecule has 6 heteroatoms. The molecule has 8 rings (SSSR count). The summed E-state index contributed by atoms with van der Waals surface area (Å²) in [4.78, 5) is 2.49. The van der Waals surface area contributed by atoms with Crippen LogP contribution >= 0.6 is 0 Å². The third-order valence-electron chi connectivity index (χ3n) is 17.2. The maximum Gasteiger partial charge on any atom is 0.170 e. The van der Waals surface area contributed by atoms with Crippen molar-refractivity contribution in [2.75, 3.05) is 26.8 Å². The normalized spacial score (nSPS) is 49.1. The lowest BCUT2D eigenvalue weighted by atomic mass is 9.41. The van der Waals surface area contributed by atoms with Gasteiger partial charge in [-0.05, 0) is 133 Å². The summed E-state index contributed by atoms with van der Waals surface area (Å²) >= 11 is 0. The number of morpholine rings is 1. The van der Waals surface area contributed by atoms with Crippen LogP contribution in [0.25, 0.3) is 0 Å². The summed E-state index contributed by atoms with van der Waals surface area (Å²) in [6.07, 6.45) is 11.0. The molecule has 0 radical (unpaired) electrons. The molecule has 1 aromatic carbocycles. The first-order chi connectivity index (χ1) is 23.2. The molecule has 274 valence electrons. The summed E-state index contributed by atoms with van der Waals surface area (Å²) in [6, 6.07) is 6.52. The number of aliphatic hydroxyl groups excluding tert-OH is 1. The molecule has 2 spiro atoms. The van der Waals surface area contributed by atoms with Crippen LogP contribution in [0.4, 0.5) is 0 Å². The van der Waals surface area contributed by atoms with Crippen molar-refractivity contribution >= 4 is 0 Å². The number of benzene rings is 1. The van der Waals surface area contributed by atoms with Crippen LogP contribution < -0.4 is 4.74 Å². The van der Waals surface area contributed by atoms with E-state index in [2.05, 4.69) is 78.5 Å². The van der Waals surface area contributed by atoms with Crippen molar-refractivity contribution in [3.63, 3.8) is 0 Å². The van der Waals surface area contributed by atoms with E-state index in [1.807, 2.05) is 0 Å². The lowest BCUT2D eigenvalue weighted by molar-refractivity contribution is -0.249. The van der Waals surface area contributed by atoms with E-state index in [0.29, 0.717) is 47.0 Å². The molecule has 4 unspecified atom stereocenters. The number of rotatable bonds is 7. The van der Waals surface area contributed by atoms with E-state index in [4.69, 9.17) is 18.9 Å².